The maximum absolute atomic E-state index is 12.9. The van der Waals surface area contributed by atoms with E-state index >= 15 is 0 Å². The van der Waals surface area contributed by atoms with Crippen LogP contribution in [-0.2, 0) is 14.8 Å². The van der Waals surface area contributed by atoms with Gasteiger partial charge in [-0.2, -0.15) is 4.31 Å². The minimum Gasteiger partial charge on any atom is -0.486 e. The van der Waals surface area contributed by atoms with Crippen LogP contribution in [-0.4, -0.2) is 51.0 Å². The van der Waals surface area contributed by atoms with Gasteiger partial charge in [0, 0.05) is 18.1 Å². The Hall–Kier alpha value is -2.29. The summed E-state index contributed by atoms with van der Waals surface area (Å²) in [5, 5.41) is 3.36. The lowest BCUT2D eigenvalue weighted by Crippen LogP contribution is -2.48. The first-order valence-electron chi connectivity index (χ1n) is 9.85. The molecule has 1 fully saturated rings. The molecule has 1 saturated heterocycles. The number of halogens is 1. The third-order valence-electron chi connectivity index (χ3n) is 5.28. The second-order valence-corrected chi connectivity index (χ2v) is 9.77. The van der Waals surface area contributed by atoms with Crippen LogP contribution >= 0.6 is 11.6 Å². The van der Waals surface area contributed by atoms with Gasteiger partial charge in [-0.25, -0.2) is 8.42 Å². The van der Waals surface area contributed by atoms with Crippen molar-refractivity contribution in [3.8, 4) is 11.5 Å². The van der Waals surface area contributed by atoms with Crippen LogP contribution in [0.2, 0.25) is 5.02 Å². The number of rotatable bonds is 5. The number of sulfonamides is 1. The van der Waals surface area contributed by atoms with Crippen LogP contribution in [0.1, 0.15) is 12.8 Å². The molecule has 4 rings (SSSR count). The van der Waals surface area contributed by atoms with Gasteiger partial charge in [-0.3, -0.25) is 4.79 Å². The van der Waals surface area contributed by atoms with E-state index < -0.39 is 15.9 Å². The topological polar surface area (TPSA) is 84.9 Å². The molecule has 0 bridgehead atoms. The van der Waals surface area contributed by atoms with Gasteiger partial charge in [0.2, 0.25) is 15.9 Å². The SMILES string of the molecule is O=C(NC[C@@H]1COc2ccccc2O1)[C@H]1CCCN(S(=O)(=O)c2ccc(Cl)cc2)C1. The summed E-state index contributed by atoms with van der Waals surface area (Å²) < 4.78 is 38.7. The van der Waals surface area contributed by atoms with Crippen LogP contribution in [0.15, 0.2) is 53.4 Å². The Kier molecular flexibility index (Phi) is 6.17. The minimum atomic E-state index is -3.66. The molecule has 1 N–H and O–H groups in total. The van der Waals surface area contributed by atoms with E-state index in [1.165, 1.54) is 16.4 Å². The number of piperidine rings is 1. The van der Waals surface area contributed by atoms with Crippen LogP contribution in [0, 0.1) is 5.92 Å². The van der Waals surface area contributed by atoms with E-state index in [0.29, 0.717) is 49.1 Å². The largest absolute Gasteiger partial charge is 0.486 e. The molecule has 2 aliphatic heterocycles. The van der Waals surface area contributed by atoms with Gasteiger partial charge >= 0.3 is 0 Å². The molecule has 0 radical (unpaired) electrons. The van der Waals surface area contributed by atoms with Crippen molar-refractivity contribution >= 4 is 27.5 Å². The standard InChI is InChI=1S/C21H23ClN2O5S/c22-16-7-9-18(10-8-16)30(26,27)24-11-3-4-15(13-24)21(25)23-12-17-14-28-19-5-1-2-6-20(19)29-17/h1-2,5-10,15,17H,3-4,11-14H2,(H,23,25)/t15-,17+/m0/s1. The van der Waals surface area contributed by atoms with Crippen LogP contribution in [0.5, 0.6) is 11.5 Å². The average molecular weight is 451 g/mol. The van der Waals surface area contributed by atoms with E-state index in [1.54, 1.807) is 12.1 Å². The lowest BCUT2D eigenvalue weighted by molar-refractivity contribution is -0.126. The maximum atomic E-state index is 12.9. The Labute approximate surface area is 181 Å². The first kappa shape index (κ1) is 21.0. The van der Waals surface area contributed by atoms with Gasteiger partial charge in [0.05, 0.1) is 17.4 Å². The number of benzene rings is 2. The van der Waals surface area contributed by atoms with Crippen molar-refractivity contribution in [2.24, 2.45) is 5.92 Å². The molecule has 2 aromatic rings. The molecular formula is C21H23ClN2O5S. The first-order valence-corrected chi connectivity index (χ1v) is 11.7. The predicted molar refractivity (Wildman–Crippen MR) is 112 cm³/mol. The van der Waals surface area contributed by atoms with Crippen LogP contribution < -0.4 is 14.8 Å². The summed E-state index contributed by atoms with van der Waals surface area (Å²) in [6.07, 6.45) is 0.978. The molecule has 0 unspecified atom stereocenters. The zero-order chi connectivity index (χ0) is 21.1. The summed E-state index contributed by atoms with van der Waals surface area (Å²) in [6.45, 7) is 1.19. The van der Waals surface area contributed by atoms with Crippen LogP contribution in [0.25, 0.3) is 0 Å². The molecule has 30 heavy (non-hydrogen) atoms. The van der Waals surface area contributed by atoms with Gasteiger partial charge in [-0.1, -0.05) is 23.7 Å². The van der Waals surface area contributed by atoms with Gasteiger partial charge in [-0.05, 0) is 49.2 Å². The highest BCUT2D eigenvalue weighted by atomic mass is 35.5. The van der Waals surface area contributed by atoms with E-state index in [9.17, 15) is 13.2 Å². The number of hydrogen-bond acceptors (Lipinski definition) is 5. The minimum absolute atomic E-state index is 0.154. The Morgan fingerprint density at radius 3 is 2.63 bits per heavy atom. The average Bonchev–Trinajstić information content (AvgIpc) is 2.77. The Balaban J connectivity index is 1.34. The normalized spacial score (nSPS) is 21.8. The Morgan fingerprint density at radius 1 is 1.13 bits per heavy atom. The van der Waals surface area contributed by atoms with Gasteiger partial charge in [-0.15, -0.1) is 0 Å². The molecule has 0 aliphatic carbocycles. The summed E-state index contributed by atoms with van der Waals surface area (Å²) in [6, 6.07) is 13.5. The summed E-state index contributed by atoms with van der Waals surface area (Å²) >= 11 is 5.86. The fourth-order valence-corrected chi connectivity index (χ4v) is 5.30. The molecular weight excluding hydrogens is 428 g/mol. The van der Waals surface area contributed by atoms with Crippen molar-refractivity contribution in [2.45, 2.75) is 23.8 Å². The number of nitrogens with one attached hydrogen (secondary N) is 1. The molecule has 7 nitrogen and oxygen atoms in total. The number of nitrogens with zero attached hydrogens (tertiary/aromatic N) is 1. The smallest absolute Gasteiger partial charge is 0.243 e. The number of para-hydroxylation sites is 2. The lowest BCUT2D eigenvalue weighted by Gasteiger charge is -2.32. The van der Waals surface area contributed by atoms with Crippen molar-refractivity contribution < 1.29 is 22.7 Å². The fourth-order valence-electron chi connectivity index (χ4n) is 3.65. The molecule has 2 aliphatic rings. The van der Waals surface area contributed by atoms with E-state index in [-0.39, 0.29) is 23.5 Å². The van der Waals surface area contributed by atoms with Crippen molar-refractivity contribution in [1.29, 1.82) is 0 Å². The highest BCUT2D eigenvalue weighted by Gasteiger charge is 2.33. The third-order valence-corrected chi connectivity index (χ3v) is 7.41. The van der Waals surface area contributed by atoms with Gasteiger partial charge in [0.15, 0.2) is 11.5 Å². The number of amides is 1. The number of hydrogen-bond donors (Lipinski definition) is 1. The summed E-state index contributed by atoms with van der Waals surface area (Å²) in [5.74, 6) is 0.766. The Bertz CT molecular complexity index is 1010. The third kappa shape index (κ3) is 4.55. The predicted octanol–water partition coefficient (Wildman–Crippen LogP) is 2.70. The van der Waals surface area contributed by atoms with Crippen molar-refractivity contribution in [3.05, 3.63) is 53.6 Å². The van der Waals surface area contributed by atoms with Gasteiger partial charge in [0.1, 0.15) is 12.7 Å². The number of carbonyl (C=O) groups is 1. The second kappa shape index (κ2) is 8.83. The molecule has 1 amide bonds. The van der Waals surface area contributed by atoms with E-state index in [0.717, 1.165) is 0 Å². The van der Waals surface area contributed by atoms with Crippen LogP contribution in [0.4, 0.5) is 0 Å². The molecule has 2 atom stereocenters. The number of ether oxygens (including phenoxy) is 2. The first-order chi connectivity index (χ1) is 14.4. The molecule has 0 spiro atoms. The summed E-state index contributed by atoms with van der Waals surface area (Å²) in [5.41, 5.74) is 0. The zero-order valence-corrected chi connectivity index (χ0v) is 17.9. The summed E-state index contributed by atoms with van der Waals surface area (Å²) in [7, 11) is -3.66. The van der Waals surface area contributed by atoms with Crippen LogP contribution in [0.3, 0.4) is 0 Å². The van der Waals surface area contributed by atoms with E-state index in [4.69, 9.17) is 21.1 Å². The van der Waals surface area contributed by atoms with Gasteiger partial charge in [0.25, 0.3) is 0 Å². The summed E-state index contributed by atoms with van der Waals surface area (Å²) in [4.78, 5) is 12.9. The van der Waals surface area contributed by atoms with E-state index in [1.807, 2.05) is 24.3 Å². The quantitative estimate of drug-likeness (QED) is 0.757. The van der Waals surface area contributed by atoms with Crippen molar-refractivity contribution in [2.75, 3.05) is 26.2 Å². The monoisotopic (exact) mass is 450 g/mol. The number of fused-ring (bicyclic) bond motifs is 1. The highest BCUT2D eigenvalue weighted by Crippen LogP contribution is 2.31. The van der Waals surface area contributed by atoms with Crippen molar-refractivity contribution in [1.82, 2.24) is 9.62 Å². The number of carbonyl (C=O) groups excluding carboxylic acids is 1. The molecule has 2 aromatic carbocycles. The molecule has 0 aromatic heterocycles. The van der Waals surface area contributed by atoms with E-state index in [2.05, 4.69) is 5.32 Å². The molecule has 9 heteroatoms. The molecule has 0 saturated carbocycles. The highest BCUT2D eigenvalue weighted by molar-refractivity contribution is 7.89. The Morgan fingerprint density at radius 2 is 1.87 bits per heavy atom. The fraction of sp³-hybridized carbons (Fsp3) is 0.381. The van der Waals surface area contributed by atoms with Crippen molar-refractivity contribution in [3.63, 3.8) is 0 Å². The maximum Gasteiger partial charge on any atom is 0.243 e. The van der Waals surface area contributed by atoms with Gasteiger partial charge < -0.3 is 14.8 Å². The zero-order valence-electron chi connectivity index (χ0n) is 16.3. The molecule has 2 heterocycles. The second-order valence-electron chi connectivity index (χ2n) is 7.40. The lowest BCUT2D eigenvalue weighted by atomic mass is 9.99. The molecule has 160 valence electrons.